The van der Waals surface area contributed by atoms with E-state index in [-0.39, 0.29) is 17.6 Å². The first-order valence-electron chi connectivity index (χ1n) is 6.54. The number of thioether (sulfide) groups is 1. The van der Waals surface area contributed by atoms with Gasteiger partial charge < -0.3 is 4.52 Å². The monoisotopic (exact) mass is 340 g/mol. The minimum atomic E-state index is -3.29. The maximum atomic E-state index is 12.8. The molecule has 0 saturated heterocycles. The van der Waals surface area contributed by atoms with E-state index in [0.29, 0.717) is 5.02 Å². The third kappa shape index (κ3) is 4.17. The normalized spacial score (nSPS) is 14.8. The molecule has 20 heavy (non-hydrogen) atoms. The van der Waals surface area contributed by atoms with Gasteiger partial charge in [0.1, 0.15) is 10.0 Å². The lowest BCUT2D eigenvalue weighted by atomic mass is 10.5. The van der Waals surface area contributed by atoms with Crippen LogP contribution in [0.25, 0.3) is 0 Å². The Bertz CT molecular complexity index is 505. The standard InChI is InChI=1S/C12H22ClN2O3PS/c1-7-20-12-10(13)11(14-15(12)6)18-19(16,9(4)5)17-8(2)3/h8-9H,7H2,1-6H3. The first-order valence-corrected chi connectivity index (χ1v) is 9.51. The molecular weight excluding hydrogens is 319 g/mol. The van der Waals surface area contributed by atoms with Gasteiger partial charge in [-0.05, 0) is 19.6 Å². The van der Waals surface area contributed by atoms with Crippen LogP contribution in [-0.4, -0.2) is 27.3 Å². The van der Waals surface area contributed by atoms with E-state index < -0.39 is 7.60 Å². The molecule has 1 aromatic rings. The second-order valence-electron chi connectivity index (χ2n) is 4.86. The second-order valence-corrected chi connectivity index (χ2v) is 9.00. The van der Waals surface area contributed by atoms with Crippen LogP contribution in [0.2, 0.25) is 5.02 Å². The molecule has 0 aliphatic rings. The van der Waals surface area contributed by atoms with E-state index in [1.165, 1.54) is 0 Å². The summed E-state index contributed by atoms with van der Waals surface area (Å²) in [5, 5.41) is 5.37. The zero-order valence-corrected chi connectivity index (χ0v) is 15.2. The number of halogens is 1. The van der Waals surface area contributed by atoms with Gasteiger partial charge in [-0.25, -0.2) is 4.57 Å². The molecule has 116 valence electrons. The van der Waals surface area contributed by atoms with Crippen LogP contribution in [0.15, 0.2) is 5.03 Å². The largest absolute Gasteiger partial charge is 0.402 e. The molecule has 0 radical (unpaired) electrons. The summed E-state index contributed by atoms with van der Waals surface area (Å²) in [6.45, 7) is 9.24. The summed E-state index contributed by atoms with van der Waals surface area (Å²) in [5.74, 6) is 1.03. The fraction of sp³-hybridized carbons (Fsp3) is 0.750. The highest BCUT2D eigenvalue weighted by atomic mass is 35.5. The molecule has 0 aromatic carbocycles. The highest BCUT2D eigenvalue weighted by molar-refractivity contribution is 7.99. The molecule has 1 heterocycles. The molecule has 0 fully saturated rings. The van der Waals surface area contributed by atoms with Crippen LogP contribution in [0.5, 0.6) is 5.88 Å². The summed E-state index contributed by atoms with van der Waals surface area (Å²) < 4.78 is 25.4. The molecule has 0 aliphatic heterocycles. The summed E-state index contributed by atoms with van der Waals surface area (Å²) in [5.41, 5.74) is -0.273. The second kappa shape index (κ2) is 7.21. The SMILES string of the molecule is CCSc1c(Cl)c(OP(=O)(OC(C)C)C(C)C)nn1C. The van der Waals surface area contributed by atoms with Crippen molar-refractivity contribution in [3.8, 4) is 5.88 Å². The molecule has 8 heteroatoms. The van der Waals surface area contributed by atoms with Crippen LogP contribution in [0.1, 0.15) is 34.6 Å². The Hall–Kier alpha value is -0.160. The highest BCUT2D eigenvalue weighted by Crippen LogP contribution is 2.55. The number of hydrogen-bond donors (Lipinski definition) is 0. The van der Waals surface area contributed by atoms with Gasteiger partial charge in [0.05, 0.1) is 11.8 Å². The van der Waals surface area contributed by atoms with Crippen molar-refractivity contribution in [2.45, 2.75) is 51.4 Å². The van der Waals surface area contributed by atoms with Gasteiger partial charge in [-0.1, -0.05) is 32.4 Å². The van der Waals surface area contributed by atoms with Crippen LogP contribution >= 0.6 is 31.0 Å². The topological polar surface area (TPSA) is 53.4 Å². The summed E-state index contributed by atoms with van der Waals surface area (Å²) in [6, 6.07) is 0. The van der Waals surface area contributed by atoms with E-state index in [2.05, 4.69) is 5.10 Å². The lowest BCUT2D eigenvalue weighted by molar-refractivity contribution is 0.203. The van der Waals surface area contributed by atoms with Crippen LogP contribution < -0.4 is 4.52 Å². The summed E-state index contributed by atoms with van der Waals surface area (Å²) in [7, 11) is -1.51. The Labute approximate surface area is 129 Å². The predicted molar refractivity (Wildman–Crippen MR) is 84.2 cm³/mol. The van der Waals surface area contributed by atoms with Crippen molar-refractivity contribution < 1.29 is 13.6 Å². The van der Waals surface area contributed by atoms with Crippen LogP contribution in [0.3, 0.4) is 0 Å². The number of rotatable bonds is 7. The lowest BCUT2D eigenvalue weighted by Gasteiger charge is -2.23. The van der Waals surface area contributed by atoms with E-state index in [1.54, 1.807) is 37.3 Å². The molecule has 5 nitrogen and oxygen atoms in total. The fourth-order valence-electron chi connectivity index (χ4n) is 1.47. The lowest BCUT2D eigenvalue weighted by Crippen LogP contribution is -2.12. The summed E-state index contributed by atoms with van der Waals surface area (Å²) >= 11 is 7.81. The molecular formula is C12H22ClN2O3PS. The van der Waals surface area contributed by atoms with Gasteiger partial charge in [-0.2, -0.15) is 0 Å². The van der Waals surface area contributed by atoms with Crippen molar-refractivity contribution in [1.82, 2.24) is 9.78 Å². The maximum Gasteiger partial charge on any atom is 0.383 e. The molecule has 0 aliphatic carbocycles. The van der Waals surface area contributed by atoms with Crippen molar-refractivity contribution in [3.63, 3.8) is 0 Å². The third-order valence-corrected chi connectivity index (χ3v) is 6.29. The van der Waals surface area contributed by atoms with Crippen LogP contribution in [0, 0.1) is 0 Å². The van der Waals surface area contributed by atoms with Crippen molar-refractivity contribution >= 4 is 31.0 Å². The molecule has 1 atom stereocenters. The minimum absolute atomic E-state index is 0.169. The number of hydrogen-bond acceptors (Lipinski definition) is 5. The third-order valence-electron chi connectivity index (χ3n) is 2.40. The van der Waals surface area contributed by atoms with Crippen molar-refractivity contribution in [2.24, 2.45) is 7.05 Å². The Morgan fingerprint density at radius 2 is 2.00 bits per heavy atom. The van der Waals surface area contributed by atoms with Crippen molar-refractivity contribution in [2.75, 3.05) is 5.75 Å². The maximum absolute atomic E-state index is 12.8. The highest BCUT2D eigenvalue weighted by Gasteiger charge is 2.34. The molecule has 1 unspecified atom stereocenters. The smallest absolute Gasteiger partial charge is 0.383 e. The minimum Gasteiger partial charge on any atom is -0.402 e. The molecule has 0 saturated carbocycles. The number of aryl methyl sites for hydroxylation is 1. The molecule has 0 bridgehead atoms. The van der Waals surface area contributed by atoms with E-state index in [9.17, 15) is 4.57 Å². The summed E-state index contributed by atoms with van der Waals surface area (Å²) in [4.78, 5) is 0. The first kappa shape index (κ1) is 17.9. The van der Waals surface area contributed by atoms with Gasteiger partial charge in [0.15, 0.2) is 0 Å². The van der Waals surface area contributed by atoms with Crippen molar-refractivity contribution in [3.05, 3.63) is 5.02 Å². The van der Waals surface area contributed by atoms with Gasteiger partial charge in [0, 0.05) is 7.05 Å². The average molecular weight is 341 g/mol. The molecule has 0 N–H and O–H groups in total. The van der Waals surface area contributed by atoms with Gasteiger partial charge in [0.2, 0.25) is 0 Å². The molecule has 1 aromatic heterocycles. The average Bonchev–Trinajstić information content (AvgIpc) is 2.56. The Morgan fingerprint density at radius 3 is 2.45 bits per heavy atom. The zero-order valence-electron chi connectivity index (χ0n) is 12.7. The van der Waals surface area contributed by atoms with Gasteiger partial charge in [0.25, 0.3) is 5.88 Å². The van der Waals surface area contributed by atoms with E-state index >= 15 is 0 Å². The van der Waals surface area contributed by atoms with E-state index in [0.717, 1.165) is 10.8 Å². The molecule has 1 rings (SSSR count). The number of nitrogens with zero attached hydrogens (tertiary/aromatic N) is 2. The molecule has 0 spiro atoms. The van der Waals surface area contributed by atoms with E-state index in [4.69, 9.17) is 20.6 Å². The zero-order chi connectivity index (χ0) is 15.5. The Balaban J connectivity index is 3.07. The van der Waals surface area contributed by atoms with Crippen LogP contribution in [0.4, 0.5) is 0 Å². The fourth-order valence-corrected chi connectivity index (χ4v) is 4.06. The van der Waals surface area contributed by atoms with Crippen molar-refractivity contribution in [1.29, 1.82) is 0 Å². The Kier molecular flexibility index (Phi) is 6.45. The van der Waals surface area contributed by atoms with Crippen LogP contribution in [-0.2, 0) is 16.1 Å². The van der Waals surface area contributed by atoms with Gasteiger partial charge >= 0.3 is 7.60 Å². The first-order chi connectivity index (χ1) is 9.21. The predicted octanol–water partition coefficient (Wildman–Crippen LogP) is 4.59. The summed E-state index contributed by atoms with van der Waals surface area (Å²) in [6.07, 6.45) is -0.199. The Morgan fingerprint density at radius 1 is 1.40 bits per heavy atom. The molecule has 0 amide bonds. The number of aromatic nitrogens is 2. The van der Waals surface area contributed by atoms with Gasteiger partial charge in [-0.15, -0.1) is 16.9 Å². The van der Waals surface area contributed by atoms with E-state index in [1.807, 2.05) is 20.8 Å². The quantitative estimate of drug-likeness (QED) is 0.536. The van der Waals surface area contributed by atoms with Gasteiger partial charge in [-0.3, -0.25) is 9.21 Å².